The van der Waals surface area contributed by atoms with E-state index in [1.54, 1.807) is 0 Å². The Morgan fingerprint density at radius 3 is 1.86 bits per heavy atom. The maximum Gasteiger partial charge on any atom is 0.312 e. The number of hydrogen-bond donors (Lipinski definition) is 1. The van der Waals surface area contributed by atoms with E-state index in [2.05, 4.69) is 0 Å². The highest BCUT2D eigenvalue weighted by atomic mass is 16.5. The molecule has 0 aliphatic heterocycles. The number of rotatable bonds is 17. The molecule has 4 heteroatoms. The molecule has 3 rings (SSSR count). The molecule has 0 bridgehead atoms. The molecule has 0 heterocycles. The van der Waals surface area contributed by atoms with Gasteiger partial charge < -0.3 is 10.5 Å². The molecule has 0 aromatic carbocycles. The van der Waals surface area contributed by atoms with E-state index in [0.29, 0.717) is 24.4 Å². The minimum absolute atomic E-state index is 0.0861. The molecule has 0 aromatic heterocycles. The van der Waals surface area contributed by atoms with Crippen LogP contribution in [0, 0.1) is 22.7 Å². The van der Waals surface area contributed by atoms with Gasteiger partial charge in [-0.1, -0.05) is 64.2 Å². The average molecular weight is 406 g/mol. The van der Waals surface area contributed by atoms with Crippen LogP contribution in [0.15, 0.2) is 0 Å². The van der Waals surface area contributed by atoms with E-state index < -0.39 is 0 Å². The Morgan fingerprint density at radius 2 is 1.45 bits per heavy atom. The maximum absolute atomic E-state index is 12.4. The van der Waals surface area contributed by atoms with Crippen LogP contribution in [-0.4, -0.2) is 18.5 Å². The monoisotopic (exact) mass is 405 g/mol. The highest BCUT2D eigenvalue weighted by Crippen LogP contribution is 2.69. The summed E-state index contributed by atoms with van der Waals surface area (Å²) in [5.41, 5.74) is 5.57. The van der Waals surface area contributed by atoms with Gasteiger partial charge in [0.15, 0.2) is 0 Å². The fourth-order valence-corrected chi connectivity index (χ4v) is 5.92. The van der Waals surface area contributed by atoms with Crippen molar-refractivity contribution in [1.82, 2.24) is 0 Å². The Bertz CT molecular complexity index is 556. The summed E-state index contributed by atoms with van der Waals surface area (Å²) < 4.78 is 5.38. The second-order valence-electron chi connectivity index (χ2n) is 10.4. The number of unbranched alkanes of at least 4 members (excludes halogenated alkanes) is 9. The Hall–Kier alpha value is -1.06. The fourth-order valence-electron chi connectivity index (χ4n) is 5.92. The number of primary amides is 1. The van der Waals surface area contributed by atoms with Crippen molar-refractivity contribution < 1.29 is 14.3 Å². The van der Waals surface area contributed by atoms with E-state index in [9.17, 15) is 9.59 Å². The third kappa shape index (κ3) is 6.21. The number of carbonyl (C=O) groups is 2. The van der Waals surface area contributed by atoms with Crippen molar-refractivity contribution in [1.29, 1.82) is 0 Å². The van der Waals surface area contributed by atoms with Gasteiger partial charge in [0.2, 0.25) is 5.91 Å². The molecule has 1 amide bonds. The molecule has 0 saturated heterocycles. The molecular formula is C25H43NO3. The summed E-state index contributed by atoms with van der Waals surface area (Å²) >= 11 is 0. The number of ether oxygens (including phenoxy) is 1. The van der Waals surface area contributed by atoms with Crippen molar-refractivity contribution in [3.05, 3.63) is 0 Å². The van der Waals surface area contributed by atoms with E-state index >= 15 is 0 Å². The predicted octanol–water partition coefficient (Wildman–Crippen LogP) is 5.91. The van der Waals surface area contributed by atoms with Gasteiger partial charge in [-0.15, -0.1) is 0 Å². The molecule has 3 fully saturated rings. The van der Waals surface area contributed by atoms with Gasteiger partial charge in [0, 0.05) is 6.42 Å². The molecule has 3 unspecified atom stereocenters. The molecule has 0 radical (unpaired) electrons. The first-order valence-electron chi connectivity index (χ1n) is 12.5. The van der Waals surface area contributed by atoms with Gasteiger partial charge in [-0.05, 0) is 62.7 Å². The van der Waals surface area contributed by atoms with Crippen LogP contribution in [0.25, 0.3) is 0 Å². The van der Waals surface area contributed by atoms with Gasteiger partial charge in [0.1, 0.15) is 0 Å². The number of fused-ring (bicyclic) bond motifs is 1. The lowest BCUT2D eigenvalue weighted by molar-refractivity contribution is -0.163. The predicted molar refractivity (Wildman–Crippen MR) is 116 cm³/mol. The summed E-state index contributed by atoms with van der Waals surface area (Å²) in [5.74, 6) is 1.48. The average Bonchev–Trinajstić information content (AvgIpc) is 3.57. The van der Waals surface area contributed by atoms with Gasteiger partial charge in [-0.25, -0.2) is 0 Å². The molecule has 0 aromatic rings. The molecule has 3 aliphatic rings. The third-order valence-electron chi connectivity index (χ3n) is 8.03. The van der Waals surface area contributed by atoms with Gasteiger partial charge in [0.05, 0.1) is 12.0 Å². The van der Waals surface area contributed by atoms with Crippen molar-refractivity contribution in [3.63, 3.8) is 0 Å². The van der Waals surface area contributed by atoms with Gasteiger partial charge >= 0.3 is 5.97 Å². The zero-order chi connectivity index (χ0) is 20.7. The lowest BCUT2D eigenvalue weighted by atomic mass is 9.65. The van der Waals surface area contributed by atoms with Gasteiger partial charge in [0.25, 0.3) is 0 Å². The van der Waals surface area contributed by atoms with Crippen LogP contribution in [0.4, 0.5) is 0 Å². The van der Waals surface area contributed by atoms with Crippen LogP contribution in [0.2, 0.25) is 0 Å². The van der Waals surface area contributed by atoms with Crippen LogP contribution >= 0.6 is 0 Å². The Balaban J connectivity index is 1.12. The topological polar surface area (TPSA) is 69.4 Å². The Labute approximate surface area is 177 Å². The van der Waals surface area contributed by atoms with Crippen LogP contribution in [0.5, 0.6) is 0 Å². The highest BCUT2D eigenvalue weighted by Gasteiger charge is 2.67. The normalized spacial score (nSPS) is 28.3. The molecule has 3 atom stereocenters. The largest absolute Gasteiger partial charge is 0.466 e. The number of hydrogen-bond acceptors (Lipinski definition) is 3. The summed E-state index contributed by atoms with van der Waals surface area (Å²) in [7, 11) is 0. The SMILES string of the molecule is CCOC(=O)C1(CCCCCCCCCCCCC2(CC(N)=O)CC2)CC2CC21. The van der Waals surface area contributed by atoms with E-state index in [4.69, 9.17) is 10.5 Å². The first kappa shape index (κ1) is 22.6. The van der Waals surface area contributed by atoms with Crippen molar-refractivity contribution >= 4 is 11.9 Å². The van der Waals surface area contributed by atoms with E-state index in [-0.39, 0.29) is 17.3 Å². The summed E-state index contributed by atoms with van der Waals surface area (Å²) in [5, 5.41) is 0. The standard InChI is InChI=1S/C25H43NO3/c1-2-29-23(28)25(18-20-17-21(20)25)14-12-10-8-6-4-3-5-7-9-11-13-24(15-16-24)19-22(26)27/h20-21H,2-19H2,1H3,(H2,26,27). The molecule has 3 saturated carbocycles. The van der Waals surface area contributed by atoms with Crippen LogP contribution in [-0.2, 0) is 14.3 Å². The first-order chi connectivity index (χ1) is 14.0. The lowest BCUT2D eigenvalue weighted by Gasteiger charge is -2.39. The number of esters is 1. The van der Waals surface area contributed by atoms with E-state index in [0.717, 1.165) is 18.8 Å². The molecular weight excluding hydrogens is 362 g/mol. The molecule has 4 nitrogen and oxygen atoms in total. The molecule has 29 heavy (non-hydrogen) atoms. The van der Waals surface area contributed by atoms with Crippen molar-refractivity contribution in [3.8, 4) is 0 Å². The summed E-state index contributed by atoms with van der Waals surface area (Å²) in [6.45, 7) is 2.44. The zero-order valence-electron chi connectivity index (χ0n) is 18.7. The second-order valence-corrected chi connectivity index (χ2v) is 10.4. The van der Waals surface area contributed by atoms with Gasteiger partial charge in [-0.2, -0.15) is 0 Å². The zero-order valence-corrected chi connectivity index (χ0v) is 18.7. The number of amides is 1. The lowest BCUT2D eigenvalue weighted by Crippen LogP contribution is -2.42. The van der Waals surface area contributed by atoms with Crippen LogP contribution < -0.4 is 5.73 Å². The number of nitrogens with two attached hydrogens (primary N) is 1. The molecule has 2 N–H and O–H groups in total. The second kappa shape index (κ2) is 10.3. The fraction of sp³-hybridized carbons (Fsp3) is 0.920. The van der Waals surface area contributed by atoms with Gasteiger partial charge in [-0.3, -0.25) is 9.59 Å². The van der Waals surface area contributed by atoms with E-state index in [1.807, 2.05) is 6.92 Å². The van der Waals surface area contributed by atoms with Crippen LogP contribution in [0.1, 0.15) is 116 Å². The smallest absolute Gasteiger partial charge is 0.312 e. The summed E-state index contributed by atoms with van der Waals surface area (Å²) in [4.78, 5) is 23.5. The molecule has 0 spiro atoms. The molecule has 166 valence electrons. The third-order valence-corrected chi connectivity index (χ3v) is 8.03. The van der Waals surface area contributed by atoms with Crippen LogP contribution in [0.3, 0.4) is 0 Å². The Kier molecular flexibility index (Phi) is 8.04. The molecule has 3 aliphatic carbocycles. The number of carbonyl (C=O) groups excluding carboxylic acids is 2. The van der Waals surface area contributed by atoms with Crippen molar-refractivity contribution in [2.45, 2.75) is 116 Å². The highest BCUT2D eigenvalue weighted by molar-refractivity contribution is 5.79. The minimum atomic E-state index is -0.122. The van der Waals surface area contributed by atoms with Crippen molar-refractivity contribution in [2.24, 2.45) is 28.4 Å². The van der Waals surface area contributed by atoms with Crippen molar-refractivity contribution in [2.75, 3.05) is 6.61 Å². The minimum Gasteiger partial charge on any atom is -0.466 e. The van der Waals surface area contributed by atoms with E-state index in [1.165, 1.54) is 89.9 Å². The maximum atomic E-state index is 12.4. The Morgan fingerprint density at radius 1 is 0.897 bits per heavy atom. The summed E-state index contributed by atoms with van der Waals surface area (Å²) in [6.07, 6.45) is 20.7. The first-order valence-corrected chi connectivity index (χ1v) is 12.5. The quantitative estimate of drug-likeness (QED) is 0.241. The summed E-state index contributed by atoms with van der Waals surface area (Å²) in [6, 6.07) is 0.